The lowest BCUT2D eigenvalue weighted by atomic mass is 9.94. The highest BCUT2D eigenvalue weighted by atomic mass is 32.2. The molecule has 0 aliphatic carbocycles. The smallest absolute Gasteiger partial charge is 0.237 e. The first kappa shape index (κ1) is 28.7. The van der Waals surface area contributed by atoms with Crippen molar-refractivity contribution < 1.29 is 26.0 Å². The highest BCUT2D eigenvalue weighted by Gasteiger charge is 2.22. The maximum atomic E-state index is 15.1. The molecule has 1 aliphatic heterocycles. The summed E-state index contributed by atoms with van der Waals surface area (Å²) in [6, 6.07) is 10.2. The molecule has 1 aromatic heterocycles. The van der Waals surface area contributed by atoms with Gasteiger partial charge in [-0.2, -0.15) is 0 Å². The van der Waals surface area contributed by atoms with Gasteiger partial charge in [0.25, 0.3) is 0 Å². The molecule has 1 aliphatic rings. The summed E-state index contributed by atoms with van der Waals surface area (Å²) in [7, 11) is -4.19. The molecule has 0 saturated carbocycles. The minimum absolute atomic E-state index is 0.0644. The van der Waals surface area contributed by atoms with Gasteiger partial charge in [-0.1, -0.05) is 26.0 Å². The molecule has 41 heavy (non-hydrogen) atoms. The first-order valence-corrected chi connectivity index (χ1v) is 14.8. The Morgan fingerprint density at radius 1 is 1.00 bits per heavy atom. The van der Waals surface area contributed by atoms with Crippen LogP contribution in [0.2, 0.25) is 0 Å². The van der Waals surface area contributed by atoms with Crippen LogP contribution in [0, 0.1) is 17.5 Å². The zero-order valence-electron chi connectivity index (χ0n) is 22.4. The van der Waals surface area contributed by atoms with E-state index >= 15 is 4.39 Å². The van der Waals surface area contributed by atoms with Crippen molar-refractivity contribution in [1.82, 2.24) is 15.3 Å². The maximum absolute atomic E-state index is 15.1. The third kappa shape index (κ3) is 6.76. The average Bonchev–Trinajstić information content (AvgIpc) is 2.90. The molecule has 0 spiro atoms. The zero-order valence-corrected chi connectivity index (χ0v) is 23.2. The number of rotatable bonds is 8. The van der Waals surface area contributed by atoms with E-state index in [2.05, 4.69) is 20.3 Å². The zero-order chi connectivity index (χ0) is 29.3. The van der Waals surface area contributed by atoms with Crippen LogP contribution in [0.15, 0.2) is 54.7 Å². The predicted molar refractivity (Wildman–Crippen MR) is 151 cm³/mol. The Morgan fingerprint density at radius 3 is 2.51 bits per heavy atom. The molecule has 7 nitrogen and oxygen atoms in total. The molecular formula is C29H29F4N5O2S. The van der Waals surface area contributed by atoms with Crippen LogP contribution >= 0.6 is 0 Å². The van der Waals surface area contributed by atoms with Crippen molar-refractivity contribution in [1.29, 1.82) is 0 Å². The normalized spacial score (nSPS) is 17.6. The molecular weight excluding hydrogens is 558 g/mol. The number of fused-ring (bicyclic) bond motifs is 1. The van der Waals surface area contributed by atoms with Crippen molar-refractivity contribution in [3.63, 3.8) is 0 Å². The molecule has 5 rings (SSSR count). The average molecular weight is 588 g/mol. The van der Waals surface area contributed by atoms with E-state index < -0.39 is 39.4 Å². The van der Waals surface area contributed by atoms with Crippen molar-refractivity contribution in [3.8, 4) is 11.1 Å². The minimum atomic E-state index is -4.19. The van der Waals surface area contributed by atoms with Gasteiger partial charge in [0.2, 0.25) is 16.0 Å². The van der Waals surface area contributed by atoms with Crippen LogP contribution in [0.3, 0.4) is 0 Å². The van der Waals surface area contributed by atoms with E-state index in [1.54, 1.807) is 12.3 Å². The molecule has 216 valence electrons. The second kappa shape index (κ2) is 11.6. The summed E-state index contributed by atoms with van der Waals surface area (Å²) in [5, 5.41) is 6.97. The quantitative estimate of drug-likeness (QED) is 0.223. The Bertz CT molecular complexity index is 1700. The van der Waals surface area contributed by atoms with Crippen molar-refractivity contribution in [2.75, 3.05) is 23.1 Å². The van der Waals surface area contributed by atoms with Crippen LogP contribution in [0.1, 0.15) is 37.3 Å². The highest BCUT2D eigenvalue weighted by Crippen LogP contribution is 2.33. The number of alkyl halides is 1. The Balaban J connectivity index is 1.39. The molecule has 2 atom stereocenters. The number of hydrogen-bond donors (Lipinski definition) is 3. The van der Waals surface area contributed by atoms with E-state index in [0.29, 0.717) is 42.7 Å². The summed E-state index contributed by atoms with van der Waals surface area (Å²) < 4.78 is 83.3. The SMILES string of the molecule is CC(C)c1cc(-c2ccc(NS(=O)(=O)Cc3ccc(F)cc3F)c(F)c2)cc2cnc(N[C@@H]3CNC[C@@H](F)C3)nc12. The van der Waals surface area contributed by atoms with Crippen LogP contribution < -0.4 is 15.4 Å². The lowest BCUT2D eigenvalue weighted by Gasteiger charge is -2.26. The van der Waals surface area contributed by atoms with E-state index in [4.69, 9.17) is 4.98 Å². The lowest BCUT2D eigenvalue weighted by molar-refractivity contribution is 0.254. The van der Waals surface area contributed by atoms with Gasteiger partial charge in [0.15, 0.2) is 0 Å². The Kier molecular flexibility index (Phi) is 8.14. The van der Waals surface area contributed by atoms with E-state index in [-0.39, 0.29) is 23.2 Å². The van der Waals surface area contributed by atoms with Crippen LogP contribution in [-0.2, 0) is 15.8 Å². The number of piperidine rings is 1. The predicted octanol–water partition coefficient (Wildman–Crippen LogP) is 5.89. The number of nitrogens with zero attached hydrogens (tertiary/aromatic N) is 2. The molecule has 0 bridgehead atoms. The molecule has 4 aromatic rings. The molecule has 3 N–H and O–H groups in total. The van der Waals surface area contributed by atoms with Gasteiger partial charge in [-0.15, -0.1) is 0 Å². The summed E-state index contributed by atoms with van der Waals surface area (Å²) in [6.45, 7) is 4.96. The van der Waals surface area contributed by atoms with E-state index in [0.717, 1.165) is 28.6 Å². The van der Waals surface area contributed by atoms with Crippen molar-refractivity contribution in [3.05, 3.63) is 83.3 Å². The molecule has 12 heteroatoms. The van der Waals surface area contributed by atoms with Crippen molar-refractivity contribution >= 4 is 32.6 Å². The summed E-state index contributed by atoms with van der Waals surface area (Å²) in [5.41, 5.74) is 2.27. The fraction of sp³-hybridized carbons (Fsp3) is 0.310. The summed E-state index contributed by atoms with van der Waals surface area (Å²) >= 11 is 0. The number of halogens is 4. The second-order valence-electron chi connectivity index (χ2n) is 10.5. The fourth-order valence-corrected chi connectivity index (χ4v) is 6.07. The largest absolute Gasteiger partial charge is 0.350 e. The first-order chi connectivity index (χ1) is 19.5. The standard InChI is InChI=1S/C29H29F4N5O2S/c1-16(2)24-8-19(7-20-12-35-29(37-28(20)24)36-23-10-22(31)13-34-14-23)17-4-6-27(26(33)9-17)38-41(39,40)15-18-3-5-21(30)11-25(18)32/h3-9,11-12,16,22-23,34,38H,10,13-15H2,1-2H3,(H,35,36,37)/t22-,23-/m0/s1. The first-order valence-electron chi connectivity index (χ1n) is 13.1. The second-order valence-corrected chi connectivity index (χ2v) is 12.2. The summed E-state index contributed by atoms with van der Waals surface area (Å²) in [6.07, 6.45) is 1.09. The third-order valence-electron chi connectivity index (χ3n) is 6.89. The molecule has 0 radical (unpaired) electrons. The number of aromatic nitrogens is 2. The molecule has 0 unspecified atom stereocenters. The monoisotopic (exact) mass is 587 g/mol. The van der Waals surface area contributed by atoms with E-state index in [1.165, 1.54) is 12.1 Å². The molecule has 3 aromatic carbocycles. The number of benzene rings is 3. The number of nitrogens with one attached hydrogen (secondary N) is 3. The molecule has 2 heterocycles. The van der Waals surface area contributed by atoms with E-state index in [9.17, 15) is 21.6 Å². The van der Waals surface area contributed by atoms with Crippen LogP contribution in [0.4, 0.5) is 29.2 Å². The minimum Gasteiger partial charge on any atom is -0.350 e. The van der Waals surface area contributed by atoms with Gasteiger partial charge in [-0.25, -0.2) is 35.9 Å². The molecule has 1 saturated heterocycles. The van der Waals surface area contributed by atoms with Crippen LogP contribution in [0.25, 0.3) is 22.0 Å². The number of sulfonamides is 1. The van der Waals surface area contributed by atoms with Crippen molar-refractivity contribution in [2.45, 2.75) is 44.2 Å². The Morgan fingerprint density at radius 2 is 1.80 bits per heavy atom. The fourth-order valence-electron chi connectivity index (χ4n) is 4.86. The van der Waals surface area contributed by atoms with Crippen LogP contribution in [-0.4, -0.2) is 43.7 Å². The number of anilines is 2. The molecule has 1 fully saturated rings. The topological polar surface area (TPSA) is 96.0 Å². The van der Waals surface area contributed by atoms with Gasteiger partial charge in [-0.3, -0.25) is 4.72 Å². The van der Waals surface area contributed by atoms with Gasteiger partial charge in [0.1, 0.15) is 23.6 Å². The van der Waals surface area contributed by atoms with Gasteiger partial charge < -0.3 is 10.6 Å². The third-order valence-corrected chi connectivity index (χ3v) is 8.12. The summed E-state index contributed by atoms with van der Waals surface area (Å²) in [5.74, 6) is -2.98. The molecule has 0 amide bonds. The highest BCUT2D eigenvalue weighted by molar-refractivity contribution is 7.91. The lowest BCUT2D eigenvalue weighted by Crippen LogP contribution is -2.44. The van der Waals surface area contributed by atoms with Gasteiger partial charge >= 0.3 is 0 Å². The van der Waals surface area contributed by atoms with Gasteiger partial charge in [0.05, 0.1) is 17.0 Å². The van der Waals surface area contributed by atoms with Gasteiger partial charge in [0, 0.05) is 48.8 Å². The maximum Gasteiger partial charge on any atom is 0.237 e. The Hall–Kier alpha value is -3.77. The van der Waals surface area contributed by atoms with Crippen molar-refractivity contribution in [2.24, 2.45) is 0 Å². The van der Waals surface area contributed by atoms with Crippen LogP contribution in [0.5, 0.6) is 0 Å². The Labute approximate surface area is 235 Å². The summed E-state index contributed by atoms with van der Waals surface area (Å²) in [4.78, 5) is 9.10. The number of hydrogen-bond acceptors (Lipinski definition) is 6. The van der Waals surface area contributed by atoms with E-state index in [1.807, 2.05) is 26.0 Å². The van der Waals surface area contributed by atoms with Gasteiger partial charge in [-0.05, 0) is 52.9 Å².